The van der Waals surface area contributed by atoms with E-state index in [4.69, 9.17) is 10.8 Å². The van der Waals surface area contributed by atoms with E-state index in [0.29, 0.717) is 6.54 Å². The van der Waals surface area contributed by atoms with E-state index < -0.39 is 23.4 Å². The van der Waals surface area contributed by atoms with Crippen LogP contribution in [0.5, 0.6) is 0 Å². The normalized spacial score (nSPS) is 11.2. The minimum atomic E-state index is -1.40. The highest BCUT2D eigenvalue weighted by Crippen LogP contribution is 2.05. The van der Waals surface area contributed by atoms with Crippen LogP contribution in [-0.2, 0) is 9.59 Å². The summed E-state index contributed by atoms with van der Waals surface area (Å²) < 4.78 is 0. The van der Waals surface area contributed by atoms with Gasteiger partial charge < -0.3 is 21.1 Å². The zero-order valence-corrected chi connectivity index (χ0v) is 11.2. The Labute approximate surface area is 106 Å². The van der Waals surface area contributed by atoms with Crippen molar-refractivity contribution in [2.75, 3.05) is 13.1 Å². The number of urea groups is 1. The van der Waals surface area contributed by atoms with Crippen LogP contribution in [0.3, 0.4) is 0 Å². The quantitative estimate of drug-likeness (QED) is 0.623. The van der Waals surface area contributed by atoms with Gasteiger partial charge in [0.2, 0.25) is 5.91 Å². The topological polar surface area (TPSA) is 113 Å². The zero-order chi connectivity index (χ0) is 14.5. The Morgan fingerprint density at radius 2 is 1.83 bits per heavy atom. The average Bonchev–Trinajstić information content (AvgIpc) is 2.13. The highest BCUT2D eigenvalue weighted by Gasteiger charge is 2.31. The smallest absolute Gasteiger partial charge is 0.328 e. The number of nitrogens with two attached hydrogens (primary N) is 1. The highest BCUT2D eigenvalue weighted by molar-refractivity contribution is 5.87. The number of carboxylic acid groups (broad SMARTS) is 1. The standard InChI is InChI=1S/C11H21N3O4/c1-7(2)5-14(6-8(12)15)10(18)13-11(3,4)9(16)17/h7H,5-6H2,1-4H3,(H2,12,15)(H,13,18)(H,16,17). The molecule has 7 nitrogen and oxygen atoms in total. The van der Waals surface area contributed by atoms with Gasteiger partial charge in [0.25, 0.3) is 0 Å². The van der Waals surface area contributed by atoms with E-state index >= 15 is 0 Å². The molecule has 0 spiro atoms. The first-order chi connectivity index (χ1) is 8.06. The Bertz CT molecular complexity index is 339. The summed E-state index contributed by atoms with van der Waals surface area (Å²) in [5.41, 5.74) is 3.65. The third-order valence-electron chi connectivity index (χ3n) is 2.17. The van der Waals surface area contributed by atoms with Crippen LogP contribution in [0.15, 0.2) is 0 Å². The molecular weight excluding hydrogens is 238 g/mol. The minimum absolute atomic E-state index is 0.142. The van der Waals surface area contributed by atoms with Crippen molar-refractivity contribution in [3.05, 3.63) is 0 Å². The number of hydrogen-bond acceptors (Lipinski definition) is 3. The van der Waals surface area contributed by atoms with Crippen molar-refractivity contribution in [3.63, 3.8) is 0 Å². The number of primary amides is 1. The summed E-state index contributed by atoms with van der Waals surface area (Å²) in [7, 11) is 0. The molecule has 3 amide bonds. The van der Waals surface area contributed by atoms with Crippen molar-refractivity contribution < 1.29 is 19.5 Å². The van der Waals surface area contributed by atoms with Crippen molar-refractivity contribution in [3.8, 4) is 0 Å². The van der Waals surface area contributed by atoms with Crippen LogP contribution in [-0.4, -0.2) is 46.5 Å². The maximum atomic E-state index is 11.9. The molecule has 0 atom stereocenters. The van der Waals surface area contributed by atoms with Gasteiger partial charge in [-0.3, -0.25) is 4.79 Å². The van der Waals surface area contributed by atoms with E-state index in [9.17, 15) is 14.4 Å². The lowest BCUT2D eigenvalue weighted by molar-refractivity contribution is -0.143. The van der Waals surface area contributed by atoms with Crippen LogP contribution in [0.2, 0.25) is 0 Å². The molecule has 0 aliphatic rings. The molecule has 0 aromatic heterocycles. The van der Waals surface area contributed by atoms with Gasteiger partial charge in [0.15, 0.2) is 0 Å². The van der Waals surface area contributed by atoms with Crippen LogP contribution < -0.4 is 11.1 Å². The summed E-state index contributed by atoms with van der Waals surface area (Å²) in [6.45, 7) is 6.58. The highest BCUT2D eigenvalue weighted by atomic mass is 16.4. The lowest BCUT2D eigenvalue weighted by atomic mass is 10.1. The van der Waals surface area contributed by atoms with E-state index in [1.54, 1.807) is 0 Å². The van der Waals surface area contributed by atoms with Gasteiger partial charge >= 0.3 is 12.0 Å². The second-order valence-electron chi connectivity index (χ2n) is 5.10. The fourth-order valence-electron chi connectivity index (χ4n) is 1.25. The van der Waals surface area contributed by atoms with E-state index in [1.807, 2.05) is 13.8 Å². The minimum Gasteiger partial charge on any atom is -0.480 e. The predicted molar refractivity (Wildman–Crippen MR) is 65.9 cm³/mol. The number of nitrogens with one attached hydrogen (secondary N) is 1. The van der Waals surface area contributed by atoms with E-state index in [0.717, 1.165) is 0 Å². The lowest BCUT2D eigenvalue weighted by Gasteiger charge is -2.28. The molecule has 4 N–H and O–H groups in total. The fourth-order valence-corrected chi connectivity index (χ4v) is 1.25. The van der Waals surface area contributed by atoms with Crippen molar-refractivity contribution in [2.45, 2.75) is 33.2 Å². The van der Waals surface area contributed by atoms with Gasteiger partial charge in [-0.15, -0.1) is 0 Å². The van der Waals surface area contributed by atoms with Crippen LogP contribution in [0.25, 0.3) is 0 Å². The number of nitrogens with zero attached hydrogens (tertiary/aromatic N) is 1. The third kappa shape index (κ3) is 5.51. The first kappa shape index (κ1) is 16.2. The summed E-state index contributed by atoms with van der Waals surface area (Å²) in [5, 5.41) is 11.3. The summed E-state index contributed by atoms with van der Waals surface area (Å²) in [4.78, 5) is 34.9. The molecule has 7 heteroatoms. The van der Waals surface area contributed by atoms with Gasteiger partial charge in [0, 0.05) is 6.54 Å². The number of hydrogen-bond donors (Lipinski definition) is 3. The molecule has 0 fully saturated rings. The van der Waals surface area contributed by atoms with Crippen molar-refractivity contribution in [1.82, 2.24) is 10.2 Å². The molecule has 0 heterocycles. The Morgan fingerprint density at radius 1 is 1.33 bits per heavy atom. The zero-order valence-electron chi connectivity index (χ0n) is 11.2. The molecule has 18 heavy (non-hydrogen) atoms. The van der Waals surface area contributed by atoms with Gasteiger partial charge in [-0.2, -0.15) is 0 Å². The molecule has 0 aliphatic carbocycles. The number of rotatable bonds is 6. The van der Waals surface area contributed by atoms with Crippen LogP contribution in [0, 0.1) is 5.92 Å². The first-order valence-corrected chi connectivity index (χ1v) is 5.65. The average molecular weight is 259 g/mol. The Kier molecular flexibility index (Phi) is 5.61. The van der Waals surface area contributed by atoms with E-state index in [2.05, 4.69) is 5.32 Å². The molecule has 0 saturated heterocycles. The van der Waals surface area contributed by atoms with Crippen molar-refractivity contribution in [1.29, 1.82) is 0 Å². The SMILES string of the molecule is CC(C)CN(CC(N)=O)C(=O)NC(C)(C)C(=O)O. The number of carboxylic acids is 1. The summed E-state index contributed by atoms with van der Waals surface area (Å²) in [5.74, 6) is -1.65. The number of carbonyl (C=O) groups is 3. The lowest BCUT2D eigenvalue weighted by Crippen LogP contribution is -2.56. The first-order valence-electron chi connectivity index (χ1n) is 5.65. The van der Waals surface area contributed by atoms with Crippen LogP contribution in [0.4, 0.5) is 4.79 Å². The number of carbonyl (C=O) groups excluding carboxylic acids is 2. The van der Waals surface area contributed by atoms with Crippen molar-refractivity contribution >= 4 is 17.9 Å². The van der Waals surface area contributed by atoms with Gasteiger partial charge in [-0.25, -0.2) is 9.59 Å². The Balaban J connectivity index is 4.75. The summed E-state index contributed by atoms with van der Waals surface area (Å²) in [6.07, 6.45) is 0. The predicted octanol–water partition coefficient (Wildman–Crippen LogP) is 0.00250. The fraction of sp³-hybridized carbons (Fsp3) is 0.727. The van der Waals surface area contributed by atoms with Crippen molar-refractivity contribution in [2.24, 2.45) is 11.7 Å². The Hall–Kier alpha value is -1.79. The second kappa shape index (κ2) is 6.23. The molecule has 0 rings (SSSR count). The van der Waals surface area contributed by atoms with Gasteiger partial charge in [-0.1, -0.05) is 13.8 Å². The molecule has 0 radical (unpaired) electrons. The molecule has 0 unspecified atom stereocenters. The van der Waals surface area contributed by atoms with E-state index in [1.165, 1.54) is 18.7 Å². The van der Waals surface area contributed by atoms with E-state index in [-0.39, 0.29) is 12.5 Å². The molecule has 0 bridgehead atoms. The third-order valence-corrected chi connectivity index (χ3v) is 2.17. The molecule has 0 aromatic rings. The number of amides is 3. The molecule has 0 aliphatic heterocycles. The van der Waals surface area contributed by atoms with Gasteiger partial charge in [0.05, 0.1) is 0 Å². The van der Waals surface area contributed by atoms with Gasteiger partial charge in [-0.05, 0) is 19.8 Å². The summed E-state index contributed by atoms with van der Waals surface area (Å²) >= 11 is 0. The molecular formula is C11H21N3O4. The monoisotopic (exact) mass is 259 g/mol. The molecule has 104 valence electrons. The van der Waals surface area contributed by atoms with Crippen LogP contribution >= 0.6 is 0 Å². The second-order valence-corrected chi connectivity index (χ2v) is 5.10. The summed E-state index contributed by atoms with van der Waals surface area (Å²) in [6, 6.07) is -0.616. The molecule has 0 saturated carbocycles. The number of aliphatic carboxylic acids is 1. The molecule has 0 aromatic carbocycles. The van der Waals surface area contributed by atoms with Gasteiger partial charge in [0.1, 0.15) is 12.1 Å². The maximum absolute atomic E-state index is 11.9. The largest absolute Gasteiger partial charge is 0.480 e. The van der Waals surface area contributed by atoms with Crippen LogP contribution in [0.1, 0.15) is 27.7 Å². The Morgan fingerprint density at radius 3 is 2.17 bits per heavy atom. The maximum Gasteiger partial charge on any atom is 0.328 e.